The van der Waals surface area contributed by atoms with E-state index in [4.69, 9.17) is 10.5 Å². The van der Waals surface area contributed by atoms with Crippen molar-refractivity contribution in [1.82, 2.24) is 4.72 Å². The Labute approximate surface area is 122 Å². The van der Waals surface area contributed by atoms with Gasteiger partial charge in [0.2, 0.25) is 0 Å². The monoisotopic (exact) mass is 314 g/mol. The van der Waals surface area contributed by atoms with E-state index in [9.17, 15) is 12.8 Å². The number of methoxy groups -OCH3 is 1. The van der Waals surface area contributed by atoms with Gasteiger partial charge < -0.3 is 10.5 Å². The highest BCUT2D eigenvalue weighted by molar-refractivity contribution is 7.89. The Morgan fingerprint density at radius 2 is 2.00 bits per heavy atom. The van der Waals surface area contributed by atoms with Gasteiger partial charge in [0, 0.05) is 7.05 Å². The SMILES string of the molecule is CN=CN=C(N)/C(F)=C\NS(=O)(=O)c1ccc(OC)cc1. The highest BCUT2D eigenvalue weighted by atomic mass is 32.2. The highest BCUT2D eigenvalue weighted by Crippen LogP contribution is 2.15. The van der Waals surface area contributed by atoms with Crippen LogP contribution in [-0.2, 0) is 10.0 Å². The zero-order valence-corrected chi connectivity index (χ0v) is 12.3. The molecule has 1 aromatic carbocycles. The van der Waals surface area contributed by atoms with E-state index in [-0.39, 0.29) is 4.90 Å². The Bertz CT molecular complexity index is 666. The van der Waals surface area contributed by atoms with Gasteiger partial charge in [-0.25, -0.2) is 17.8 Å². The van der Waals surface area contributed by atoms with E-state index in [1.54, 1.807) is 0 Å². The number of nitrogens with zero attached hydrogens (tertiary/aromatic N) is 2. The summed E-state index contributed by atoms with van der Waals surface area (Å²) in [5.41, 5.74) is 5.27. The minimum atomic E-state index is -3.90. The molecule has 1 rings (SSSR count). The van der Waals surface area contributed by atoms with Crippen LogP contribution in [0.15, 0.2) is 51.2 Å². The van der Waals surface area contributed by atoms with Crippen LogP contribution in [0, 0.1) is 0 Å². The van der Waals surface area contributed by atoms with Gasteiger partial charge in [0.05, 0.1) is 18.2 Å². The fourth-order valence-electron chi connectivity index (χ4n) is 1.21. The smallest absolute Gasteiger partial charge is 0.261 e. The van der Waals surface area contributed by atoms with Crippen molar-refractivity contribution in [1.29, 1.82) is 0 Å². The lowest BCUT2D eigenvalue weighted by Gasteiger charge is -2.05. The van der Waals surface area contributed by atoms with Gasteiger partial charge >= 0.3 is 0 Å². The first kappa shape index (κ1) is 16.6. The number of aliphatic imine (C=N–C) groups is 2. The van der Waals surface area contributed by atoms with E-state index >= 15 is 0 Å². The molecule has 21 heavy (non-hydrogen) atoms. The summed E-state index contributed by atoms with van der Waals surface area (Å²) in [4.78, 5) is 6.90. The molecule has 1 aromatic rings. The number of rotatable bonds is 6. The standard InChI is InChI=1S/C12H15FN4O3S/c1-15-8-16-12(14)11(13)7-17-21(18,19)10-5-3-9(20-2)4-6-10/h3-8,17H,1-2H3,(H2,14,15,16)/b11-7+. The number of nitrogens with two attached hydrogens (primary N) is 1. The Morgan fingerprint density at radius 3 is 2.52 bits per heavy atom. The minimum Gasteiger partial charge on any atom is -0.497 e. The Balaban J connectivity index is 2.89. The third-order valence-electron chi connectivity index (χ3n) is 2.27. The second kappa shape index (κ2) is 7.39. The lowest BCUT2D eigenvalue weighted by molar-refractivity contribution is 0.414. The van der Waals surface area contributed by atoms with E-state index in [1.165, 1.54) is 38.4 Å². The number of hydrogen-bond acceptors (Lipinski definition) is 4. The fraction of sp³-hybridized carbons (Fsp3) is 0.167. The van der Waals surface area contributed by atoms with Gasteiger partial charge in [0.1, 0.15) is 12.1 Å². The first-order valence-electron chi connectivity index (χ1n) is 5.67. The molecule has 3 N–H and O–H groups in total. The number of nitrogens with one attached hydrogen (secondary N) is 1. The molecule has 0 heterocycles. The molecular weight excluding hydrogens is 299 g/mol. The van der Waals surface area contributed by atoms with E-state index in [2.05, 4.69) is 9.98 Å². The van der Waals surface area contributed by atoms with Crippen LogP contribution in [0.2, 0.25) is 0 Å². The van der Waals surface area contributed by atoms with Gasteiger partial charge in [-0.05, 0) is 24.3 Å². The Hall–Kier alpha value is -2.42. The van der Waals surface area contributed by atoms with Gasteiger partial charge in [0.15, 0.2) is 11.7 Å². The average Bonchev–Trinajstić information content (AvgIpc) is 2.50. The molecule has 9 heteroatoms. The summed E-state index contributed by atoms with van der Waals surface area (Å²) in [5.74, 6) is -1.00. The molecule has 0 aliphatic carbocycles. The number of hydrogen-bond donors (Lipinski definition) is 2. The van der Waals surface area contributed by atoms with Crippen LogP contribution in [-0.4, -0.2) is 34.7 Å². The summed E-state index contributed by atoms with van der Waals surface area (Å²) in [6, 6.07) is 5.60. The molecule has 0 radical (unpaired) electrons. The van der Waals surface area contributed by atoms with Crippen LogP contribution >= 0.6 is 0 Å². The van der Waals surface area contributed by atoms with Crippen LogP contribution < -0.4 is 15.2 Å². The number of benzene rings is 1. The van der Waals surface area contributed by atoms with Crippen molar-refractivity contribution in [2.45, 2.75) is 4.90 Å². The van der Waals surface area contributed by atoms with Crippen molar-refractivity contribution in [3.8, 4) is 5.75 Å². The summed E-state index contributed by atoms with van der Waals surface area (Å²) in [6.07, 6.45) is 1.66. The van der Waals surface area contributed by atoms with Crippen LogP contribution in [0.4, 0.5) is 4.39 Å². The van der Waals surface area contributed by atoms with Crippen molar-refractivity contribution in [3.63, 3.8) is 0 Å². The normalized spacial score (nSPS) is 13.5. The first-order valence-corrected chi connectivity index (χ1v) is 7.15. The summed E-state index contributed by atoms with van der Waals surface area (Å²) in [7, 11) is -1.01. The molecule has 0 bridgehead atoms. The van der Waals surface area contributed by atoms with Crippen LogP contribution in [0.25, 0.3) is 0 Å². The van der Waals surface area contributed by atoms with Crippen molar-refractivity contribution in [2.24, 2.45) is 15.7 Å². The maximum atomic E-state index is 13.5. The zero-order chi connectivity index (χ0) is 15.9. The highest BCUT2D eigenvalue weighted by Gasteiger charge is 2.13. The Kier molecular flexibility index (Phi) is 5.85. The molecule has 0 saturated heterocycles. The molecule has 0 amide bonds. The van der Waals surface area contributed by atoms with Crippen molar-refractivity contribution < 1.29 is 17.5 Å². The van der Waals surface area contributed by atoms with Gasteiger partial charge in [-0.15, -0.1) is 0 Å². The summed E-state index contributed by atoms with van der Waals surface area (Å²) < 4.78 is 44.2. The molecular formula is C12H15FN4O3S. The molecule has 114 valence electrons. The van der Waals surface area contributed by atoms with Crippen molar-refractivity contribution in [2.75, 3.05) is 14.2 Å². The molecule has 0 spiro atoms. The van der Waals surface area contributed by atoms with Crippen LogP contribution in [0.1, 0.15) is 0 Å². The largest absolute Gasteiger partial charge is 0.497 e. The lowest BCUT2D eigenvalue weighted by Crippen LogP contribution is -2.21. The first-order chi connectivity index (χ1) is 9.90. The van der Waals surface area contributed by atoms with Crippen molar-refractivity contribution >= 4 is 22.2 Å². The van der Waals surface area contributed by atoms with Crippen LogP contribution in [0.5, 0.6) is 5.75 Å². The van der Waals surface area contributed by atoms with E-state index in [0.717, 1.165) is 6.34 Å². The molecule has 0 atom stereocenters. The molecule has 0 aliphatic heterocycles. The quantitative estimate of drug-likeness (QED) is 0.598. The second-order valence-electron chi connectivity index (χ2n) is 3.68. The van der Waals surface area contributed by atoms with E-state index in [1.807, 2.05) is 4.72 Å². The summed E-state index contributed by atoms with van der Waals surface area (Å²) in [5, 5.41) is 0. The van der Waals surface area contributed by atoms with Gasteiger partial charge in [0.25, 0.3) is 10.0 Å². The average molecular weight is 314 g/mol. The minimum absolute atomic E-state index is 0.0435. The fourth-order valence-corrected chi connectivity index (χ4v) is 2.10. The molecule has 0 aromatic heterocycles. The van der Waals surface area contributed by atoms with Crippen molar-refractivity contribution in [3.05, 3.63) is 36.3 Å². The molecule has 0 fully saturated rings. The molecule has 0 saturated carbocycles. The third kappa shape index (κ3) is 4.88. The zero-order valence-electron chi connectivity index (χ0n) is 11.4. The molecule has 7 nitrogen and oxygen atoms in total. The van der Waals surface area contributed by atoms with Gasteiger partial charge in [-0.3, -0.25) is 9.71 Å². The molecule has 0 unspecified atom stereocenters. The number of ether oxygens (including phenoxy) is 1. The van der Waals surface area contributed by atoms with E-state index < -0.39 is 21.7 Å². The third-order valence-corrected chi connectivity index (χ3v) is 3.59. The molecule has 0 aliphatic rings. The van der Waals surface area contributed by atoms with E-state index in [0.29, 0.717) is 11.9 Å². The summed E-state index contributed by atoms with van der Waals surface area (Å²) >= 11 is 0. The maximum absolute atomic E-state index is 13.5. The maximum Gasteiger partial charge on any atom is 0.261 e. The predicted molar refractivity (Wildman–Crippen MR) is 78.5 cm³/mol. The van der Waals surface area contributed by atoms with Gasteiger partial charge in [-0.2, -0.15) is 0 Å². The number of sulfonamides is 1. The summed E-state index contributed by atoms with van der Waals surface area (Å²) in [6.45, 7) is 0. The predicted octanol–water partition coefficient (Wildman–Crippen LogP) is 0.800. The Morgan fingerprint density at radius 1 is 1.38 bits per heavy atom. The number of amidine groups is 1. The topological polar surface area (TPSA) is 106 Å². The lowest BCUT2D eigenvalue weighted by atomic mass is 10.3. The second-order valence-corrected chi connectivity index (χ2v) is 5.39. The number of halogens is 1. The van der Waals surface area contributed by atoms with Crippen LogP contribution in [0.3, 0.4) is 0 Å². The van der Waals surface area contributed by atoms with Gasteiger partial charge in [-0.1, -0.05) is 0 Å².